The van der Waals surface area contributed by atoms with E-state index in [9.17, 15) is 5.11 Å². The summed E-state index contributed by atoms with van der Waals surface area (Å²) in [4.78, 5) is 2.61. The molecule has 1 fully saturated rings. The number of nitrogens with zero attached hydrogens (tertiary/aromatic N) is 1. The molecule has 178 valence electrons. The van der Waals surface area contributed by atoms with Crippen LogP contribution in [0, 0.1) is 12.8 Å². The Kier molecular flexibility index (Phi) is 10.7. The highest BCUT2D eigenvalue weighted by molar-refractivity contribution is 8.93. The molecular formula is C26H38Br2N2O2. The standard InChI is InChI=1S/C26H36N2O2.2BrH/c1-18(20-6-4-3-5-7-20)10-13-28-14-11-21(12-15-28)24-16-23-22(25(17-27)30-24)9-8-19(2)26(23)29;;/h3-9,18,21,24-25,29H,10-17,27H2,1-2H3;2*1H/t18?,24-,25-;;/m0../s1. The van der Waals surface area contributed by atoms with Gasteiger partial charge in [0.05, 0.1) is 12.2 Å². The second-order valence-electron chi connectivity index (χ2n) is 9.18. The zero-order valence-corrected chi connectivity index (χ0v) is 22.6. The summed E-state index contributed by atoms with van der Waals surface area (Å²) in [5, 5.41) is 10.6. The summed E-state index contributed by atoms with van der Waals surface area (Å²) < 4.78 is 6.43. The van der Waals surface area contributed by atoms with Crippen LogP contribution in [0.5, 0.6) is 5.75 Å². The molecule has 0 saturated carbocycles. The van der Waals surface area contributed by atoms with Crippen LogP contribution in [0.2, 0.25) is 0 Å². The zero-order valence-electron chi connectivity index (χ0n) is 19.2. The van der Waals surface area contributed by atoms with Gasteiger partial charge in [-0.25, -0.2) is 0 Å². The van der Waals surface area contributed by atoms with E-state index < -0.39 is 0 Å². The third kappa shape index (κ3) is 6.15. The molecule has 2 aliphatic heterocycles. The van der Waals surface area contributed by atoms with E-state index in [-0.39, 0.29) is 46.2 Å². The Hall–Kier alpha value is -0.920. The largest absolute Gasteiger partial charge is 0.507 e. The molecule has 4 rings (SSSR count). The predicted molar refractivity (Wildman–Crippen MR) is 142 cm³/mol. The Balaban J connectivity index is 0.00000181. The number of halogens is 2. The Morgan fingerprint density at radius 1 is 1.09 bits per heavy atom. The van der Waals surface area contributed by atoms with Crippen LogP contribution in [0.3, 0.4) is 0 Å². The molecule has 6 heteroatoms. The molecule has 2 heterocycles. The maximum Gasteiger partial charge on any atom is 0.122 e. The van der Waals surface area contributed by atoms with E-state index in [2.05, 4.69) is 48.2 Å². The summed E-state index contributed by atoms with van der Waals surface area (Å²) in [6.45, 7) is 8.17. The van der Waals surface area contributed by atoms with E-state index in [4.69, 9.17) is 10.5 Å². The molecule has 2 aliphatic rings. The van der Waals surface area contributed by atoms with Crippen LogP contribution in [-0.2, 0) is 11.2 Å². The summed E-state index contributed by atoms with van der Waals surface area (Å²) in [7, 11) is 0. The maximum atomic E-state index is 10.6. The van der Waals surface area contributed by atoms with Gasteiger partial charge in [-0.2, -0.15) is 0 Å². The summed E-state index contributed by atoms with van der Waals surface area (Å²) in [6, 6.07) is 14.9. The molecule has 2 aromatic carbocycles. The number of hydrogen-bond donors (Lipinski definition) is 2. The quantitative estimate of drug-likeness (QED) is 0.468. The average Bonchev–Trinajstić information content (AvgIpc) is 2.80. The molecule has 1 unspecified atom stereocenters. The van der Waals surface area contributed by atoms with Crippen LogP contribution in [0.4, 0.5) is 0 Å². The van der Waals surface area contributed by atoms with Gasteiger partial charge in [-0.15, -0.1) is 34.0 Å². The normalized spacial score (nSPS) is 22.3. The van der Waals surface area contributed by atoms with Crippen molar-refractivity contribution in [2.45, 2.75) is 57.7 Å². The minimum atomic E-state index is -0.102. The van der Waals surface area contributed by atoms with Gasteiger partial charge < -0.3 is 20.5 Å². The van der Waals surface area contributed by atoms with E-state index in [0.29, 0.717) is 24.1 Å². The number of benzene rings is 2. The molecule has 0 aromatic heterocycles. The highest BCUT2D eigenvalue weighted by Gasteiger charge is 2.35. The van der Waals surface area contributed by atoms with E-state index in [1.807, 2.05) is 13.0 Å². The first-order valence-electron chi connectivity index (χ1n) is 11.5. The summed E-state index contributed by atoms with van der Waals surface area (Å²) in [5.74, 6) is 1.57. The number of ether oxygens (including phenoxy) is 1. The number of aromatic hydroxyl groups is 1. The van der Waals surface area contributed by atoms with Crippen LogP contribution in [0.25, 0.3) is 0 Å². The van der Waals surface area contributed by atoms with Gasteiger partial charge in [0, 0.05) is 18.5 Å². The number of hydrogen-bond acceptors (Lipinski definition) is 4. The highest BCUT2D eigenvalue weighted by Crippen LogP contribution is 2.40. The summed E-state index contributed by atoms with van der Waals surface area (Å²) in [5.41, 5.74) is 10.5. The van der Waals surface area contributed by atoms with E-state index in [1.165, 1.54) is 12.0 Å². The highest BCUT2D eigenvalue weighted by atomic mass is 79.9. The lowest BCUT2D eigenvalue weighted by atomic mass is 9.83. The minimum Gasteiger partial charge on any atom is -0.507 e. The number of fused-ring (bicyclic) bond motifs is 1. The first-order valence-corrected chi connectivity index (χ1v) is 11.5. The van der Waals surface area contributed by atoms with Crippen molar-refractivity contribution in [1.82, 2.24) is 4.90 Å². The Morgan fingerprint density at radius 2 is 1.78 bits per heavy atom. The molecule has 0 spiro atoms. The fraction of sp³-hybridized carbons (Fsp3) is 0.538. The van der Waals surface area contributed by atoms with Crippen molar-refractivity contribution >= 4 is 34.0 Å². The predicted octanol–water partition coefficient (Wildman–Crippen LogP) is 5.70. The van der Waals surface area contributed by atoms with E-state index >= 15 is 0 Å². The monoisotopic (exact) mass is 568 g/mol. The topological polar surface area (TPSA) is 58.7 Å². The number of rotatable bonds is 6. The lowest BCUT2D eigenvalue weighted by Gasteiger charge is -2.40. The first-order chi connectivity index (χ1) is 14.6. The minimum absolute atomic E-state index is 0. The smallest absolute Gasteiger partial charge is 0.122 e. The third-order valence-electron chi connectivity index (χ3n) is 7.23. The van der Waals surface area contributed by atoms with Gasteiger partial charge in [-0.05, 0) is 74.3 Å². The number of phenols is 1. The van der Waals surface area contributed by atoms with Crippen LogP contribution in [0.15, 0.2) is 42.5 Å². The van der Waals surface area contributed by atoms with Gasteiger partial charge in [0.15, 0.2) is 0 Å². The molecule has 0 amide bonds. The maximum absolute atomic E-state index is 10.6. The van der Waals surface area contributed by atoms with Gasteiger partial charge in [-0.1, -0.05) is 49.4 Å². The van der Waals surface area contributed by atoms with Crippen molar-refractivity contribution in [1.29, 1.82) is 0 Å². The van der Waals surface area contributed by atoms with Gasteiger partial charge in [0.2, 0.25) is 0 Å². The number of aryl methyl sites for hydroxylation is 1. The van der Waals surface area contributed by atoms with Crippen molar-refractivity contribution in [3.05, 3.63) is 64.7 Å². The molecule has 0 aliphatic carbocycles. The SMILES string of the molecule is Br.Br.Cc1ccc2c(c1O)C[C@@H](C1CCN(CCC(C)c3ccccc3)CC1)O[C@H]2CN. The number of piperidine rings is 1. The number of likely N-dealkylation sites (tertiary alicyclic amines) is 1. The van der Waals surface area contributed by atoms with Crippen LogP contribution in [-0.4, -0.2) is 42.3 Å². The van der Waals surface area contributed by atoms with Gasteiger partial charge in [0.1, 0.15) is 5.75 Å². The number of phenolic OH excluding ortho intramolecular Hbond substituents is 1. The molecule has 0 bridgehead atoms. The molecule has 3 N–H and O–H groups in total. The lowest BCUT2D eigenvalue weighted by molar-refractivity contribution is -0.0647. The fourth-order valence-electron chi connectivity index (χ4n) is 5.15. The average molecular weight is 570 g/mol. The number of nitrogens with two attached hydrogens (primary N) is 1. The van der Waals surface area contributed by atoms with Crippen molar-refractivity contribution in [2.24, 2.45) is 11.7 Å². The molecular weight excluding hydrogens is 532 g/mol. The van der Waals surface area contributed by atoms with Gasteiger partial charge in [-0.3, -0.25) is 0 Å². The second kappa shape index (κ2) is 12.5. The lowest BCUT2D eigenvalue weighted by Crippen LogP contribution is -2.42. The third-order valence-corrected chi connectivity index (χ3v) is 7.23. The second-order valence-corrected chi connectivity index (χ2v) is 9.18. The van der Waals surface area contributed by atoms with Crippen molar-refractivity contribution in [2.75, 3.05) is 26.2 Å². The summed E-state index contributed by atoms with van der Waals surface area (Å²) >= 11 is 0. The van der Waals surface area contributed by atoms with Crippen LogP contribution >= 0.6 is 34.0 Å². The molecule has 0 radical (unpaired) electrons. The van der Waals surface area contributed by atoms with E-state index in [0.717, 1.165) is 55.6 Å². The van der Waals surface area contributed by atoms with Crippen LogP contribution in [0.1, 0.15) is 60.5 Å². The zero-order chi connectivity index (χ0) is 21.1. The van der Waals surface area contributed by atoms with Crippen molar-refractivity contribution in [3.63, 3.8) is 0 Å². The van der Waals surface area contributed by atoms with Crippen LogP contribution < -0.4 is 5.73 Å². The Morgan fingerprint density at radius 3 is 2.44 bits per heavy atom. The molecule has 1 saturated heterocycles. The molecule has 3 atom stereocenters. The molecule has 2 aromatic rings. The molecule has 4 nitrogen and oxygen atoms in total. The summed E-state index contributed by atoms with van der Waals surface area (Å²) in [6.07, 6.45) is 4.37. The van der Waals surface area contributed by atoms with E-state index in [1.54, 1.807) is 0 Å². The Labute approximate surface area is 214 Å². The van der Waals surface area contributed by atoms with Gasteiger partial charge >= 0.3 is 0 Å². The first kappa shape index (κ1) is 27.3. The molecule has 32 heavy (non-hydrogen) atoms. The van der Waals surface area contributed by atoms with Crippen molar-refractivity contribution in [3.8, 4) is 5.75 Å². The Bertz CT molecular complexity index is 841. The van der Waals surface area contributed by atoms with Gasteiger partial charge in [0.25, 0.3) is 0 Å². The fourth-order valence-corrected chi connectivity index (χ4v) is 5.15. The van der Waals surface area contributed by atoms with Crippen molar-refractivity contribution < 1.29 is 9.84 Å².